The number of nitrogens with zero attached hydrogens (tertiary/aromatic N) is 1. The van der Waals surface area contributed by atoms with Gasteiger partial charge in [-0.2, -0.15) is 0 Å². The molecule has 2 aliphatic rings. The van der Waals surface area contributed by atoms with Gasteiger partial charge in [-0.15, -0.1) is 0 Å². The van der Waals surface area contributed by atoms with Crippen LogP contribution in [0.15, 0.2) is 22.7 Å². The Morgan fingerprint density at radius 2 is 2.00 bits per heavy atom. The third-order valence-electron chi connectivity index (χ3n) is 4.57. The lowest BCUT2D eigenvalue weighted by Gasteiger charge is -2.31. The van der Waals surface area contributed by atoms with E-state index in [0.29, 0.717) is 19.6 Å². The maximum atomic E-state index is 10.5. The van der Waals surface area contributed by atoms with Gasteiger partial charge in [0.05, 0.1) is 11.8 Å². The van der Waals surface area contributed by atoms with Gasteiger partial charge < -0.3 is 19.1 Å². The van der Waals surface area contributed by atoms with Gasteiger partial charge in [-0.1, -0.05) is 25.1 Å². The summed E-state index contributed by atoms with van der Waals surface area (Å²) in [5, 5.41) is 14.7. The number of aliphatic hydroxyl groups excluding tert-OH is 1. The average molecular weight is 315 g/mol. The van der Waals surface area contributed by atoms with Gasteiger partial charge in [0, 0.05) is 12.0 Å². The van der Waals surface area contributed by atoms with Crippen molar-refractivity contribution in [2.24, 2.45) is 5.41 Å². The fraction of sp³-hybridized carbons (Fsp3) is 0.500. The Bertz CT molecular complexity index is 735. The van der Waals surface area contributed by atoms with Crippen LogP contribution in [0.3, 0.4) is 0 Å². The van der Waals surface area contributed by atoms with Gasteiger partial charge in [-0.3, -0.25) is 0 Å². The molecule has 1 aliphatic carbocycles. The van der Waals surface area contributed by atoms with Crippen molar-refractivity contribution in [1.29, 1.82) is 0 Å². The fourth-order valence-electron chi connectivity index (χ4n) is 3.54. The number of aliphatic hydroxyl groups is 1. The zero-order valence-corrected chi connectivity index (χ0v) is 13.5. The molecule has 1 atom stereocenters. The molecule has 1 unspecified atom stereocenters. The quantitative estimate of drug-likeness (QED) is 0.923. The van der Waals surface area contributed by atoms with Crippen LogP contribution in [0.1, 0.15) is 49.0 Å². The van der Waals surface area contributed by atoms with E-state index < -0.39 is 6.10 Å². The van der Waals surface area contributed by atoms with E-state index in [0.717, 1.165) is 46.9 Å². The van der Waals surface area contributed by atoms with Crippen LogP contribution in [0.2, 0.25) is 0 Å². The Labute approximate surface area is 135 Å². The zero-order chi connectivity index (χ0) is 16.0. The van der Waals surface area contributed by atoms with E-state index in [1.165, 1.54) is 0 Å². The van der Waals surface area contributed by atoms with Crippen LogP contribution < -0.4 is 9.47 Å². The molecule has 2 heterocycles. The molecule has 0 spiro atoms. The minimum Gasteiger partial charge on any atom is -0.486 e. The van der Waals surface area contributed by atoms with Crippen molar-refractivity contribution in [2.75, 3.05) is 13.2 Å². The molecule has 2 aromatic rings. The summed E-state index contributed by atoms with van der Waals surface area (Å²) in [5.74, 6) is 2.30. The number of benzene rings is 1. The van der Waals surface area contributed by atoms with Gasteiger partial charge in [0.25, 0.3) is 0 Å². The summed E-state index contributed by atoms with van der Waals surface area (Å²) in [6, 6.07) is 5.90. The Hall–Kier alpha value is -2.01. The zero-order valence-electron chi connectivity index (χ0n) is 13.5. The van der Waals surface area contributed by atoms with Crippen LogP contribution in [-0.4, -0.2) is 23.5 Å². The molecule has 122 valence electrons. The van der Waals surface area contributed by atoms with Gasteiger partial charge in [0.15, 0.2) is 11.5 Å². The molecule has 5 heteroatoms. The van der Waals surface area contributed by atoms with Crippen LogP contribution in [-0.2, 0) is 12.8 Å². The molecule has 0 radical (unpaired) electrons. The molecule has 23 heavy (non-hydrogen) atoms. The van der Waals surface area contributed by atoms with Gasteiger partial charge in [-0.25, -0.2) is 0 Å². The molecule has 1 aromatic heterocycles. The maximum absolute atomic E-state index is 10.5. The molecule has 0 fully saturated rings. The van der Waals surface area contributed by atoms with Crippen molar-refractivity contribution < 1.29 is 19.1 Å². The number of fused-ring (bicyclic) bond motifs is 2. The second-order valence-electron chi connectivity index (χ2n) is 7.18. The highest BCUT2D eigenvalue weighted by Gasteiger charge is 2.36. The molecule has 0 saturated carbocycles. The molecule has 0 bridgehead atoms. The molecule has 0 saturated heterocycles. The SMILES string of the molecule is CC1(C)Cc2noc(Cc3ccc4c(c3)OCCO4)c2C(O)C1. The average Bonchev–Trinajstić information content (AvgIpc) is 2.88. The second kappa shape index (κ2) is 5.27. The van der Waals surface area contributed by atoms with E-state index in [2.05, 4.69) is 19.0 Å². The van der Waals surface area contributed by atoms with Gasteiger partial charge in [0.2, 0.25) is 0 Å². The highest BCUT2D eigenvalue weighted by molar-refractivity contribution is 5.45. The second-order valence-corrected chi connectivity index (χ2v) is 7.18. The molecule has 5 nitrogen and oxygen atoms in total. The summed E-state index contributed by atoms with van der Waals surface area (Å²) in [6.07, 6.45) is 1.66. The predicted molar refractivity (Wildman–Crippen MR) is 83.8 cm³/mol. The van der Waals surface area contributed by atoms with E-state index in [4.69, 9.17) is 14.0 Å². The van der Waals surface area contributed by atoms with Crippen molar-refractivity contribution in [1.82, 2.24) is 5.16 Å². The molecule has 1 aromatic carbocycles. The third kappa shape index (κ3) is 2.70. The first-order valence-electron chi connectivity index (χ1n) is 8.06. The Morgan fingerprint density at radius 3 is 2.83 bits per heavy atom. The molecule has 1 N–H and O–H groups in total. The minimum absolute atomic E-state index is 0.0531. The summed E-state index contributed by atoms with van der Waals surface area (Å²) in [7, 11) is 0. The normalized spacial score (nSPS) is 21.8. The summed E-state index contributed by atoms with van der Waals surface area (Å²) in [6.45, 7) is 5.45. The summed E-state index contributed by atoms with van der Waals surface area (Å²) >= 11 is 0. The predicted octanol–water partition coefficient (Wildman–Crippen LogP) is 3.04. The number of aromatic nitrogens is 1. The van der Waals surface area contributed by atoms with Crippen molar-refractivity contribution in [3.05, 3.63) is 40.8 Å². The molecule has 4 rings (SSSR count). The van der Waals surface area contributed by atoms with Crippen molar-refractivity contribution in [2.45, 2.75) is 39.2 Å². The number of hydrogen-bond acceptors (Lipinski definition) is 5. The number of rotatable bonds is 2. The lowest BCUT2D eigenvalue weighted by atomic mass is 9.74. The first-order chi connectivity index (χ1) is 11.0. The lowest BCUT2D eigenvalue weighted by molar-refractivity contribution is 0.0986. The standard InChI is InChI=1S/C18H21NO4/c1-18(2)9-12-17(13(20)10-18)16(23-19-12)8-11-3-4-14-15(7-11)22-6-5-21-14/h3-4,7,13,20H,5-6,8-10H2,1-2H3. The van der Waals surface area contributed by atoms with Gasteiger partial charge >= 0.3 is 0 Å². The number of ether oxygens (including phenoxy) is 2. The Kier molecular flexibility index (Phi) is 3.34. The fourth-order valence-corrected chi connectivity index (χ4v) is 3.54. The van der Waals surface area contributed by atoms with Gasteiger partial charge in [0.1, 0.15) is 19.0 Å². The van der Waals surface area contributed by atoms with E-state index in [-0.39, 0.29) is 5.41 Å². The van der Waals surface area contributed by atoms with Crippen LogP contribution in [0, 0.1) is 5.41 Å². The summed E-state index contributed by atoms with van der Waals surface area (Å²) in [5.41, 5.74) is 2.88. The van der Waals surface area contributed by atoms with Gasteiger partial charge in [-0.05, 0) is 36.0 Å². The number of hydrogen-bond donors (Lipinski definition) is 1. The van der Waals surface area contributed by atoms with Crippen molar-refractivity contribution in [3.8, 4) is 11.5 Å². The third-order valence-corrected chi connectivity index (χ3v) is 4.57. The highest BCUT2D eigenvalue weighted by Crippen LogP contribution is 2.42. The van der Waals surface area contributed by atoms with Crippen molar-refractivity contribution >= 4 is 0 Å². The van der Waals surface area contributed by atoms with Crippen molar-refractivity contribution in [3.63, 3.8) is 0 Å². The minimum atomic E-state index is -0.507. The molecular weight excluding hydrogens is 294 g/mol. The Morgan fingerprint density at radius 1 is 1.22 bits per heavy atom. The lowest BCUT2D eigenvalue weighted by Crippen LogP contribution is -2.25. The van der Waals surface area contributed by atoms with E-state index in [1.807, 2.05) is 18.2 Å². The van der Waals surface area contributed by atoms with Crippen LogP contribution in [0.25, 0.3) is 0 Å². The first kappa shape index (κ1) is 14.6. The van der Waals surface area contributed by atoms with E-state index in [9.17, 15) is 5.11 Å². The molecule has 1 aliphatic heterocycles. The van der Waals surface area contributed by atoms with Crippen LogP contribution >= 0.6 is 0 Å². The van der Waals surface area contributed by atoms with Crippen LogP contribution in [0.5, 0.6) is 11.5 Å². The summed E-state index contributed by atoms with van der Waals surface area (Å²) in [4.78, 5) is 0. The monoisotopic (exact) mass is 315 g/mol. The van der Waals surface area contributed by atoms with E-state index >= 15 is 0 Å². The highest BCUT2D eigenvalue weighted by atomic mass is 16.6. The van der Waals surface area contributed by atoms with Crippen LogP contribution in [0.4, 0.5) is 0 Å². The smallest absolute Gasteiger partial charge is 0.161 e. The maximum Gasteiger partial charge on any atom is 0.161 e. The largest absolute Gasteiger partial charge is 0.486 e. The first-order valence-corrected chi connectivity index (χ1v) is 8.06. The summed E-state index contributed by atoms with van der Waals surface area (Å²) < 4.78 is 16.7. The Balaban J connectivity index is 1.62. The molecular formula is C18H21NO4. The van der Waals surface area contributed by atoms with E-state index in [1.54, 1.807) is 0 Å². The molecule has 0 amide bonds. The topological polar surface area (TPSA) is 64.7 Å².